The van der Waals surface area contributed by atoms with Crippen LogP contribution in [0.5, 0.6) is 0 Å². The van der Waals surface area contributed by atoms with Crippen LogP contribution in [0.15, 0.2) is 61.1 Å². The summed E-state index contributed by atoms with van der Waals surface area (Å²) < 4.78 is 9.90. The zero-order valence-corrected chi connectivity index (χ0v) is 22.6. The van der Waals surface area contributed by atoms with Gasteiger partial charge in [0.1, 0.15) is 17.8 Å². The van der Waals surface area contributed by atoms with Crippen LogP contribution in [0.1, 0.15) is 37.3 Å². The molecule has 2 fully saturated rings. The summed E-state index contributed by atoms with van der Waals surface area (Å²) in [6.45, 7) is 4.45. The van der Waals surface area contributed by atoms with Crippen LogP contribution in [-0.4, -0.2) is 61.6 Å². The van der Waals surface area contributed by atoms with E-state index in [9.17, 15) is 0 Å². The van der Waals surface area contributed by atoms with E-state index in [1.807, 2.05) is 18.2 Å². The lowest BCUT2D eigenvalue weighted by molar-refractivity contribution is 0.00520. The van der Waals surface area contributed by atoms with E-state index in [1.54, 1.807) is 6.33 Å². The molecule has 9 heteroatoms. The Kier molecular flexibility index (Phi) is 6.46. The number of hydrogen-bond donors (Lipinski definition) is 1. The van der Waals surface area contributed by atoms with Crippen LogP contribution in [0.3, 0.4) is 0 Å². The summed E-state index contributed by atoms with van der Waals surface area (Å²) >= 11 is 6.47. The van der Waals surface area contributed by atoms with Crippen LogP contribution < -0.4 is 5.73 Å². The zero-order chi connectivity index (χ0) is 26.3. The maximum Gasteiger partial charge on any atom is 0.164 e. The number of fused-ring (bicyclic) bond motifs is 2. The molecule has 4 heterocycles. The van der Waals surface area contributed by atoms with Gasteiger partial charge in [-0.3, -0.25) is 4.90 Å². The molecule has 0 atom stereocenters. The lowest BCUT2D eigenvalue weighted by atomic mass is 9.90. The first kappa shape index (κ1) is 24.6. The van der Waals surface area contributed by atoms with Gasteiger partial charge in [0.05, 0.1) is 24.6 Å². The van der Waals surface area contributed by atoms with E-state index in [4.69, 9.17) is 27.2 Å². The number of nitrogens with zero attached hydrogens (tertiary/aromatic N) is 6. The first-order valence-corrected chi connectivity index (χ1v) is 14.2. The SMILES string of the molecule is Nc1ncnc2c1c(-c1ccc3ccn(Cc4ccccc4Cl)c3c1)nn2C1CCC(N2CCOCC2)CC1. The second-order valence-corrected chi connectivity index (χ2v) is 11.1. The number of nitrogens with two attached hydrogens (primary N) is 1. The molecule has 200 valence electrons. The minimum absolute atomic E-state index is 0.292. The van der Waals surface area contributed by atoms with Crippen LogP contribution in [-0.2, 0) is 11.3 Å². The van der Waals surface area contributed by atoms with Gasteiger partial charge >= 0.3 is 0 Å². The van der Waals surface area contributed by atoms with E-state index >= 15 is 0 Å². The summed E-state index contributed by atoms with van der Waals surface area (Å²) in [6, 6.07) is 17.5. The number of morpholine rings is 1. The normalized spacial score (nSPS) is 20.6. The molecule has 1 aliphatic heterocycles. The molecule has 2 aromatic carbocycles. The Morgan fingerprint density at radius 2 is 1.74 bits per heavy atom. The van der Waals surface area contributed by atoms with Crippen LogP contribution in [0.25, 0.3) is 33.2 Å². The zero-order valence-electron chi connectivity index (χ0n) is 21.8. The van der Waals surface area contributed by atoms with Gasteiger partial charge in [-0.2, -0.15) is 5.10 Å². The molecule has 8 nitrogen and oxygen atoms in total. The third kappa shape index (κ3) is 4.56. The molecule has 0 radical (unpaired) electrons. The van der Waals surface area contributed by atoms with Gasteiger partial charge in [0.2, 0.25) is 0 Å². The van der Waals surface area contributed by atoms with Crippen molar-refractivity contribution >= 4 is 39.4 Å². The molecule has 1 saturated carbocycles. The molecule has 0 amide bonds. The molecule has 0 unspecified atom stereocenters. The highest BCUT2D eigenvalue weighted by Gasteiger charge is 2.30. The van der Waals surface area contributed by atoms with Crippen molar-refractivity contribution in [3.63, 3.8) is 0 Å². The second kappa shape index (κ2) is 10.3. The largest absolute Gasteiger partial charge is 0.383 e. The molecule has 1 saturated heterocycles. The molecule has 0 bridgehead atoms. The smallest absolute Gasteiger partial charge is 0.164 e. The van der Waals surface area contributed by atoms with Crippen LogP contribution in [0.4, 0.5) is 5.82 Å². The Bertz CT molecular complexity index is 1630. The highest BCUT2D eigenvalue weighted by Crippen LogP contribution is 2.38. The van der Waals surface area contributed by atoms with Crippen LogP contribution in [0, 0.1) is 0 Å². The number of nitrogen functional groups attached to an aromatic ring is 1. The maximum atomic E-state index is 6.47. The Morgan fingerprint density at radius 1 is 0.949 bits per heavy atom. The van der Waals surface area contributed by atoms with E-state index in [2.05, 4.69) is 60.6 Å². The van der Waals surface area contributed by atoms with E-state index in [0.717, 1.165) is 90.4 Å². The van der Waals surface area contributed by atoms with Gasteiger partial charge in [0, 0.05) is 48.0 Å². The number of aromatic nitrogens is 5. The number of hydrogen-bond acceptors (Lipinski definition) is 6. The quantitative estimate of drug-likeness (QED) is 0.314. The first-order chi connectivity index (χ1) is 19.2. The molecule has 3 aromatic heterocycles. The molecule has 1 aliphatic carbocycles. The highest BCUT2D eigenvalue weighted by atomic mass is 35.5. The highest BCUT2D eigenvalue weighted by molar-refractivity contribution is 6.31. The van der Waals surface area contributed by atoms with Gasteiger partial charge < -0.3 is 15.0 Å². The summed E-state index contributed by atoms with van der Waals surface area (Å²) in [5.41, 5.74) is 11.3. The minimum Gasteiger partial charge on any atom is -0.383 e. The number of ether oxygens (including phenoxy) is 1. The first-order valence-electron chi connectivity index (χ1n) is 13.8. The molecule has 0 spiro atoms. The lowest BCUT2D eigenvalue weighted by Crippen LogP contribution is -2.45. The van der Waals surface area contributed by atoms with Crippen molar-refractivity contribution in [3.8, 4) is 11.3 Å². The average molecular weight is 542 g/mol. The molecule has 2 N–H and O–H groups in total. The summed E-state index contributed by atoms with van der Waals surface area (Å²) in [5.74, 6) is 0.467. The van der Waals surface area contributed by atoms with Crippen LogP contribution >= 0.6 is 11.6 Å². The molecule has 7 rings (SSSR count). The van der Waals surface area contributed by atoms with Crippen molar-refractivity contribution in [1.29, 1.82) is 0 Å². The number of halogens is 1. The number of rotatable bonds is 5. The van der Waals surface area contributed by atoms with Crippen molar-refractivity contribution in [1.82, 2.24) is 29.2 Å². The van der Waals surface area contributed by atoms with Gasteiger partial charge in [-0.15, -0.1) is 0 Å². The summed E-state index contributed by atoms with van der Waals surface area (Å²) in [6.07, 6.45) is 8.12. The van der Waals surface area contributed by atoms with Crippen molar-refractivity contribution in [2.45, 2.75) is 44.3 Å². The van der Waals surface area contributed by atoms with E-state index < -0.39 is 0 Å². The second-order valence-electron chi connectivity index (χ2n) is 10.7. The third-order valence-corrected chi connectivity index (χ3v) is 8.81. The number of anilines is 1. The standard InChI is InChI=1S/C30H32ClN7O/c31-25-4-2-1-3-22(25)18-37-12-11-20-5-6-21(17-26(20)37)28-27-29(32)33-19-34-30(27)38(35-28)24-9-7-23(8-10-24)36-13-15-39-16-14-36/h1-6,11-12,17,19,23-24H,7-10,13-16,18H2,(H2,32,33,34). The molecule has 5 aromatic rings. The van der Waals surface area contributed by atoms with Crippen molar-refractivity contribution in [3.05, 3.63) is 71.6 Å². The summed E-state index contributed by atoms with van der Waals surface area (Å²) in [5, 5.41) is 7.94. The van der Waals surface area contributed by atoms with Crippen molar-refractivity contribution in [2.75, 3.05) is 32.0 Å². The summed E-state index contributed by atoms with van der Waals surface area (Å²) in [4.78, 5) is 11.6. The predicted molar refractivity (Wildman–Crippen MR) is 155 cm³/mol. The fourth-order valence-electron chi connectivity index (χ4n) is 6.34. The van der Waals surface area contributed by atoms with Crippen molar-refractivity contribution < 1.29 is 4.74 Å². The van der Waals surface area contributed by atoms with E-state index in [-0.39, 0.29) is 0 Å². The summed E-state index contributed by atoms with van der Waals surface area (Å²) in [7, 11) is 0. The van der Waals surface area contributed by atoms with Gasteiger partial charge in [0.25, 0.3) is 0 Å². The van der Waals surface area contributed by atoms with Gasteiger partial charge in [0.15, 0.2) is 5.65 Å². The number of benzene rings is 2. The fourth-order valence-corrected chi connectivity index (χ4v) is 6.54. The Morgan fingerprint density at radius 3 is 2.56 bits per heavy atom. The Hall–Kier alpha value is -3.46. The molecular weight excluding hydrogens is 510 g/mol. The van der Waals surface area contributed by atoms with E-state index in [0.29, 0.717) is 24.4 Å². The van der Waals surface area contributed by atoms with Gasteiger partial charge in [-0.1, -0.05) is 41.9 Å². The average Bonchev–Trinajstić information content (AvgIpc) is 3.57. The maximum absolute atomic E-state index is 6.47. The van der Waals surface area contributed by atoms with E-state index in [1.165, 1.54) is 5.39 Å². The van der Waals surface area contributed by atoms with Crippen molar-refractivity contribution in [2.24, 2.45) is 0 Å². The van der Waals surface area contributed by atoms with Gasteiger partial charge in [-0.25, -0.2) is 14.6 Å². The minimum atomic E-state index is 0.292. The Labute approximate surface area is 232 Å². The monoisotopic (exact) mass is 541 g/mol. The predicted octanol–water partition coefficient (Wildman–Crippen LogP) is 5.55. The molecule has 39 heavy (non-hydrogen) atoms. The Balaban J connectivity index is 1.23. The lowest BCUT2D eigenvalue weighted by Gasteiger charge is -2.38. The van der Waals surface area contributed by atoms with Crippen LogP contribution in [0.2, 0.25) is 5.02 Å². The fraction of sp³-hybridized carbons (Fsp3) is 0.367. The van der Waals surface area contributed by atoms with Gasteiger partial charge in [-0.05, 0) is 54.8 Å². The molecular formula is C30H32ClN7O. The molecule has 2 aliphatic rings. The topological polar surface area (TPSA) is 87.0 Å². The third-order valence-electron chi connectivity index (χ3n) is 8.44.